The van der Waals surface area contributed by atoms with E-state index in [9.17, 15) is 8.42 Å². The molecule has 7 heteroatoms. The number of nitrogens with zero attached hydrogens (tertiary/aromatic N) is 1. The van der Waals surface area contributed by atoms with E-state index in [0.29, 0.717) is 12.4 Å². The Bertz CT molecular complexity index is 674. The van der Waals surface area contributed by atoms with E-state index in [1.165, 1.54) is 12.3 Å². The average molecular weight is 306 g/mol. The molecule has 21 heavy (non-hydrogen) atoms. The first kappa shape index (κ1) is 15.3. The molecule has 2 rings (SSSR count). The highest BCUT2D eigenvalue weighted by Crippen LogP contribution is 2.15. The summed E-state index contributed by atoms with van der Waals surface area (Å²) >= 11 is 0. The van der Waals surface area contributed by atoms with Gasteiger partial charge in [-0.05, 0) is 30.7 Å². The number of pyridine rings is 1. The molecule has 0 aliphatic heterocycles. The summed E-state index contributed by atoms with van der Waals surface area (Å²) in [5.74, 6) is 0.291. The predicted octanol–water partition coefficient (Wildman–Crippen LogP) is 1.64. The third-order valence-electron chi connectivity index (χ3n) is 2.83. The lowest BCUT2D eigenvalue weighted by molar-refractivity contribution is 0.597. The molecule has 2 aromatic rings. The predicted molar refractivity (Wildman–Crippen MR) is 83.6 cm³/mol. The summed E-state index contributed by atoms with van der Waals surface area (Å²) in [6, 6.07) is 12.9. The lowest BCUT2D eigenvalue weighted by atomic mass is 10.3. The highest BCUT2D eigenvalue weighted by molar-refractivity contribution is 7.89. The first-order valence-electron chi connectivity index (χ1n) is 6.58. The molecule has 1 heterocycles. The van der Waals surface area contributed by atoms with Crippen molar-refractivity contribution < 1.29 is 8.42 Å². The monoisotopic (exact) mass is 306 g/mol. The van der Waals surface area contributed by atoms with E-state index in [0.717, 1.165) is 18.7 Å². The molecule has 0 atom stereocenters. The Labute approximate surface area is 124 Å². The smallest absolute Gasteiger partial charge is 0.241 e. The van der Waals surface area contributed by atoms with Gasteiger partial charge in [0.25, 0.3) is 0 Å². The van der Waals surface area contributed by atoms with Crippen molar-refractivity contribution in [2.24, 2.45) is 5.14 Å². The van der Waals surface area contributed by atoms with Crippen LogP contribution in [0.25, 0.3) is 0 Å². The van der Waals surface area contributed by atoms with Crippen LogP contribution in [-0.2, 0) is 10.0 Å². The standard InChI is InChI=1S/C14H18N4O2S/c15-21(19,20)13-8-4-9-17-14(13)18-11-5-10-16-12-6-2-1-3-7-12/h1-4,6-9,16H,5,10-11H2,(H,17,18)(H2,15,19,20). The molecule has 1 aromatic carbocycles. The quantitative estimate of drug-likeness (QED) is 0.676. The van der Waals surface area contributed by atoms with Crippen LogP contribution >= 0.6 is 0 Å². The largest absolute Gasteiger partial charge is 0.385 e. The Balaban J connectivity index is 1.82. The van der Waals surface area contributed by atoms with E-state index < -0.39 is 10.0 Å². The molecule has 0 saturated heterocycles. The van der Waals surface area contributed by atoms with Gasteiger partial charge in [-0.25, -0.2) is 18.5 Å². The molecular formula is C14H18N4O2S. The van der Waals surface area contributed by atoms with E-state index in [1.807, 2.05) is 30.3 Å². The number of aromatic nitrogens is 1. The summed E-state index contributed by atoms with van der Waals surface area (Å²) < 4.78 is 22.8. The molecule has 0 saturated carbocycles. The summed E-state index contributed by atoms with van der Waals surface area (Å²) in [6.07, 6.45) is 2.34. The van der Waals surface area contributed by atoms with Crippen molar-refractivity contribution in [3.05, 3.63) is 48.7 Å². The molecule has 0 aliphatic rings. The van der Waals surface area contributed by atoms with Crippen molar-refractivity contribution in [1.29, 1.82) is 0 Å². The normalized spacial score (nSPS) is 11.1. The molecule has 1 aromatic heterocycles. The molecule has 0 spiro atoms. The molecule has 0 fully saturated rings. The minimum absolute atomic E-state index is 0.0148. The van der Waals surface area contributed by atoms with Crippen LogP contribution < -0.4 is 15.8 Å². The molecule has 0 bridgehead atoms. The summed E-state index contributed by atoms with van der Waals surface area (Å²) in [5.41, 5.74) is 1.06. The minimum atomic E-state index is -3.76. The summed E-state index contributed by atoms with van der Waals surface area (Å²) in [6.45, 7) is 1.37. The van der Waals surface area contributed by atoms with Crippen LogP contribution in [-0.4, -0.2) is 26.5 Å². The fourth-order valence-corrected chi connectivity index (χ4v) is 2.50. The van der Waals surface area contributed by atoms with Crippen molar-refractivity contribution in [3.8, 4) is 0 Å². The SMILES string of the molecule is NS(=O)(=O)c1cccnc1NCCCNc1ccccc1. The number of para-hydroxylation sites is 1. The van der Waals surface area contributed by atoms with Gasteiger partial charge in [0.15, 0.2) is 0 Å². The summed E-state index contributed by atoms with van der Waals surface area (Å²) in [7, 11) is -3.76. The third kappa shape index (κ3) is 4.73. The van der Waals surface area contributed by atoms with Crippen LogP contribution in [0.1, 0.15) is 6.42 Å². The zero-order valence-electron chi connectivity index (χ0n) is 11.5. The second-order valence-electron chi connectivity index (χ2n) is 4.47. The Morgan fingerprint density at radius 2 is 1.71 bits per heavy atom. The maximum absolute atomic E-state index is 11.4. The van der Waals surface area contributed by atoms with Gasteiger partial charge >= 0.3 is 0 Å². The van der Waals surface area contributed by atoms with Crippen molar-refractivity contribution in [2.75, 3.05) is 23.7 Å². The summed E-state index contributed by atoms with van der Waals surface area (Å²) in [5, 5.41) is 11.4. The van der Waals surface area contributed by atoms with E-state index in [4.69, 9.17) is 5.14 Å². The summed E-state index contributed by atoms with van der Waals surface area (Å²) in [4.78, 5) is 4.03. The van der Waals surface area contributed by atoms with Crippen molar-refractivity contribution >= 4 is 21.5 Å². The van der Waals surface area contributed by atoms with Crippen LogP contribution in [0.3, 0.4) is 0 Å². The van der Waals surface area contributed by atoms with E-state index in [1.54, 1.807) is 6.07 Å². The van der Waals surface area contributed by atoms with Crippen molar-refractivity contribution in [1.82, 2.24) is 4.98 Å². The first-order valence-corrected chi connectivity index (χ1v) is 8.12. The Morgan fingerprint density at radius 3 is 2.43 bits per heavy atom. The van der Waals surface area contributed by atoms with Gasteiger partial charge in [-0.15, -0.1) is 0 Å². The molecule has 0 amide bonds. The number of nitrogens with one attached hydrogen (secondary N) is 2. The maximum Gasteiger partial charge on any atom is 0.241 e. The van der Waals surface area contributed by atoms with Gasteiger partial charge < -0.3 is 10.6 Å². The number of hydrogen-bond acceptors (Lipinski definition) is 5. The molecular weight excluding hydrogens is 288 g/mol. The minimum Gasteiger partial charge on any atom is -0.385 e. The zero-order chi connectivity index (χ0) is 15.1. The second-order valence-corrected chi connectivity index (χ2v) is 6.00. The number of nitrogens with two attached hydrogens (primary N) is 1. The maximum atomic E-state index is 11.4. The van der Waals surface area contributed by atoms with Gasteiger partial charge in [0.2, 0.25) is 10.0 Å². The van der Waals surface area contributed by atoms with Crippen LogP contribution in [0.4, 0.5) is 11.5 Å². The number of anilines is 2. The Kier molecular flexibility index (Phi) is 5.13. The van der Waals surface area contributed by atoms with Crippen molar-refractivity contribution in [3.63, 3.8) is 0 Å². The zero-order valence-corrected chi connectivity index (χ0v) is 12.3. The first-order chi connectivity index (χ1) is 10.1. The van der Waals surface area contributed by atoms with Gasteiger partial charge in [0.05, 0.1) is 0 Å². The second kappa shape index (κ2) is 7.05. The number of hydrogen-bond donors (Lipinski definition) is 3. The van der Waals surface area contributed by atoms with E-state index >= 15 is 0 Å². The Hall–Kier alpha value is -2.12. The highest BCUT2D eigenvalue weighted by Gasteiger charge is 2.13. The van der Waals surface area contributed by atoms with Gasteiger partial charge in [0.1, 0.15) is 10.7 Å². The fourth-order valence-electron chi connectivity index (χ4n) is 1.84. The highest BCUT2D eigenvalue weighted by atomic mass is 32.2. The van der Waals surface area contributed by atoms with Gasteiger partial charge in [-0.2, -0.15) is 0 Å². The van der Waals surface area contributed by atoms with Gasteiger partial charge in [-0.3, -0.25) is 0 Å². The number of rotatable bonds is 7. The van der Waals surface area contributed by atoms with Crippen LogP contribution in [0.5, 0.6) is 0 Å². The molecule has 0 unspecified atom stereocenters. The van der Waals surface area contributed by atoms with Crippen molar-refractivity contribution in [2.45, 2.75) is 11.3 Å². The lowest BCUT2D eigenvalue weighted by Gasteiger charge is -2.10. The van der Waals surface area contributed by atoms with Gasteiger partial charge in [-0.1, -0.05) is 18.2 Å². The third-order valence-corrected chi connectivity index (χ3v) is 3.77. The lowest BCUT2D eigenvalue weighted by Crippen LogP contribution is -2.17. The average Bonchev–Trinajstić information content (AvgIpc) is 2.47. The van der Waals surface area contributed by atoms with E-state index in [-0.39, 0.29) is 4.90 Å². The topological polar surface area (TPSA) is 97.1 Å². The molecule has 112 valence electrons. The molecule has 6 nitrogen and oxygen atoms in total. The van der Waals surface area contributed by atoms with E-state index in [2.05, 4.69) is 15.6 Å². The number of primary sulfonamides is 1. The van der Waals surface area contributed by atoms with Gasteiger partial charge in [0, 0.05) is 25.0 Å². The van der Waals surface area contributed by atoms with Crippen LogP contribution in [0.15, 0.2) is 53.6 Å². The molecule has 4 N–H and O–H groups in total. The molecule has 0 radical (unpaired) electrons. The fraction of sp³-hybridized carbons (Fsp3) is 0.214. The Morgan fingerprint density at radius 1 is 1.00 bits per heavy atom. The number of benzene rings is 1. The van der Waals surface area contributed by atoms with Crippen LogP contribution in [0, 0.1) is 0 Å². The number of sulfonamides is 1. The molecule has 0 aliphatic carbocycles. The van der Waals surface area contributed by atoms with Crippen LogP contribution in [0.2, 0.25) is 0 Å².